The highest BCUT2D eigenvalue weighted by Crippen LogP contribution is 2.21. The number of carbonyl (C=O) groups excluding carboxylic acids is 1. The van der Waals surface area contributed by atoms with Gasteiger partial charge in [0.05, 0.1) is 0 Å². The highest BCUT2D eigenvalue weighted by molar-refractivity contribution is 5.88. The Morgan fingerprint density at radius 3 is 2.68 bits per heavy atom. The molecule has 1 saturated heterocycles. The van der Waals surface area contributed by atoms with Gasteiger partial charge in [-0.2, -0.15) is 0 Å². The molecule has 0 bridgehead atoms. The Morgan fingerprint density at radius 2 is 1.95 bits per heavy atom. The Balaban J connectivity index is 1.75. The average Bonchev–Trinajstić information content (AvgIpc) is 2.91. The largest absolute Gasteiger partial charge is 0.480 e. The molecule has 0 atom stereocenters. The van der Waals surface area contributed by atoms with Crippen molar-refractivity contribution < 1.29 is 19.4 Å². The molecular formula is C16H18N2O4. The molecule has 1 aromatic heterocycles. The number of ether oxygens (including phenoxy) is 1. The third-order valence-corrected chi connectivity index (χ3v) is 4.13. The number of nitrogens with one attached hydrogen (secondary N) is 1. The van der Waals surface area contributed by atoms with E-state index in [0.29, 0.717) is 26.1 Å². The second-order valence-electron chi connectivity index (χ2n) is 5.55. The lowest BCUT2D eigenvalue weighted by molar-refractivity contribution is -0.152. The van der Waals surface area contributed by atoms with Gasteiger partial charge in [0.1, 0.15) is 12.1 Å². The standard InChI is InChI=1S/C16H18N2O4/c19-14(17-16(15(20)21)6-9-22-10-7-16)11-18-8-5-12-3-1-2-4-13(12)18/h1-5,8H,6-7,9-11H2,(H,17,19)(H,20,21). The monoisotopic (exact) mass is 302 g/mol. The van der Waals surface area contributed by atoms with Crippen LogP contribution >= 0.6 is 0 Å². The van der Waals surface area contributed by atoms with Crippen LogP contribution in [0.25, 0.3) is 10.9 Å². The maximum atomic E-state index is 12.3. The SMILES string of the molecule is O=C(Cn1ccc2ccccc21)NC1(C(=O)O)CCOCC1. The van der Waals surface area contributed by atoms with Crippen molar-refractivity contribution >= 4 is 22.8 Å². The van der Waals surface area contributed by atoms with Crippen molar-refractivity contribution in [2.45, 2.75) is 24.9 Å². The van der Waals surface area contributed by atoms with Crippen molar-refractivity contribution in [3.8, 4) is 0 Å². The van der Waals surface area contributed by atoms with Crippen LogP contribution in [0.5, 0.6) is 0 Å². The maximum absolute atomic E-state index is 12.3. The third kappa shape index (κ3) is 2.69. The molecule has 1 amide bonds. The Labute approximate surface area is 127 Å². The van der Waals surface area contributed by atoms with Crippen LogP contribution in [0.4, 0.5) is 0 Å². The molecule has 2 heterocycles. The van der Waals surface area contributed by atoms with Gasteiger partial charge in [-0.05, 0) is 17.5 Å². The predicted molar refractivity (Wildman–Crippen MR) is 80.5 cm³/mol. The maximum Gasteiger partial charge on any atom is 0.329 e. The number of hydrogen-bond acceptors (Lipinski definition) is 3. The number of carboxylic acid groups (broad SMARTS) is 1. The molecule has 0 spiro atoms. The molecule has 2 N–H and O–H groups in total. The summed E-state index contributed by atoms with van der Waals surface area (Å²) in [5, 5.41) is 13.2. The fourth-order valence-corrected chi connectivity index (χ4v) is 2.85. The Bertz CT molecular complexity index is 701. The molecule has 1 aliphatic rings. The molecule has 3 rings (SSSR count). The smallest absolute Gasteiger partial charge is 0.329 e. The van der Waals surface area contributed by atoms with E-state index >= 15 is 0 Å². The summed E-state index contributed by atoms with van der Waals surface area (Å²) in [4.78, 5) is 23.8. The average molecular weight is 302 g/mol. The van der Waals surface area contributed by atoms with Gasteiger partial charge >= 0.3 is 5.97 Å². The first-order chi connectivity index (χ1) is 10.6. The van der Waals surface area contributed by atoms with Gasteiger partial charge in [0.15, 0.2) is 0 Å². The molecule has 116 valence electrons. The van der Waals surface area contributed by atoms with E-state index in [1.165, 1.54) is 0 Å². The van der Waals surface area contributed by atoms with Crippen LogP contribution in [0.15, 0.2) is 36.5 Å². The van der Waals surface area contributed by atoms with Crippen LogP contribution in [-0.4, -0.2) is 40.3 Å². The van der Waals surface area contributed by atoms with Crippen LogP contribution in [0.1, 0.15) is 12.8 Å². The van der Waals surface area contributed by atoms with Gasteiger partial charge in [0.2, 0.25) is 5.91 Å². The van der Waals surface area contributed by atoms with E-state index in [1.54, 1.807) is 0 Å². The fraction of sp³-hybridized carbons (Fsp3) is 0.375. The van der Waals surface area contributed by atoms with E-state index in [0.717, 1.165) is 10.9 Å². The molecule has 1 fully saturated rings. The second kappa shape index (κ2) is 5.81. The van der Waals surface area contributed by atoms with Gasteiger partial charge in [-0.1, -0.05) is 18.2 Å². The molecule has 22 heavy (non-hydrogen) atoms. The van der Waals surface area contributed by atoms with Gasteiger partial charge < -0.3 is 19.7 Å². The minimum absolute atomic E-state index is 0.101. The van der Waals surface area contributed by atoms with Crippen LogP contribution < -0.4 is 5.32 Å². The first-order valence-electron chi connectivity index (χ1n) is 7.27. The lowest BCUT2D eigenvalue weighted by Crippen LogP contribution is -2.58. The molecule has 0 radical (unpaired) electrons. The normalized spacial score (nSPS) is 17.3. The lowest BCUT2D eigenvalue weighted by atomic mass is 9.90. The van der Waals surface area contributed by atoms with Gasteiger partial charge in [0.25, 0.3) is 0 Å². The quantitative estimate of drug-likeness (QED) is 0.894. The summed E-state index contributed by atoms with van der Waals surface area (Å²) in [7, 11) is 0. The summed E-state index contributed by atoms with van der Waals surface area (Å²) in [5.74, 6) is -1.30. The number of rotatable bonds is 4. The summed E-state index contributed by atoms with van der Waals surface area (Å²) in [5.41, 5.74) is -0.257. The number of nitrogens with zero attached hydrogens (tertiary/aromatic N) is 1. The molecular weight excluding hydrogens is 284 g/mol. The second-order valence-corrected chi connectivity index (χ2v) is 5.55. The number of hydrogen-bond donors (Lipinski definition) is 2. The van der Waals surface area contributed by atoms with Crippen molar-refractivity contribution in [2.75, 3.05) is 13.2 Å². The van der Waals surface area contributed by atoms with Crippen LogP contribution in [0, 0.1) is 0 Å². The zero-order valence-electron chi connectivity index (χ0n) is 12.1. The Morgan fingerprint density at radius 1 is 1.23 bits per heavy atom. The molecule has 6 nitrogen and oxygen atoms in total. The van der Waals surface area contributed by atoms with E-state index < -0.39 is 11.5 Å². The molecule has 2 aromatic rings. The number of fused-ring (bicyclic) bond motifs is 1. The number of aliphatic carboxylic acids is 1. The Kier molecular flexibility index (Phi) is 3.85. The molecule has 1 aromatic carbocycles. The molecule has 0 unspecified atom stereocenters. The van der Waals surface area contributed by atoms with Crippen LogP contribution in [0.3, 0.4) is 0 Å². The topological polar surface area (TPSA) is 80.6 Å². The first kappa shape index (κ1) is 14.6. The molecule has 1 aliphatic heterocycles. The fourth-order valence-electron chi connectivity index (χ4n) is 2.85. The van der Waals surface area contributed by atoms with E-state index in [9.17, 15) is 14.7 Å². The zero-order chi connectivity index (χ0) is 15.6. The van der Waals surface area contributed by atoms with Gasteiger partial charge in [0, 0.05) is 37.8 Å². The summed E-state index contributed by atoms with van der Waals surface area (Å²) in [6.07, 6.45) is 2.42. The van der Waals surface area contributed by atoms with Crippen molar-refractivity contribution in [3.63, 3.8) is 0 Å². The van der Waals surface area contributed by atoms with E-state index in [4.69, 9.17) is 4.74 Å². The third-order valence-electron chi connectivity index (χ3n) is 4.13. The summed E-state index contributed by atoms with van der Waals surface area (Å²) < 4.78 is 7.02. The first-order valence-corrected chi connectivity index (χ1v) is 7.27. The summed E-state index contributed by atoms with van der Waals surface area (Å²) >= 11 is 0. The lowest BCUT2D eigenvalue weighted by Gasteiger charge is -2.33. The molecule has 0 saturated carbocycles. The minimum Gasteiger partial charge on any atom is -0.480 e. The van der Waals surface area contributed by atoms with Gasteiger partial charge in [-0.3, -0.25) is 4.79 Å². The van der Waals surface area contributed by atoms with Crippen molar-refractivity contribution in [3.05, 3.63) is 36.5 Å². The van der Waals surface area contributed by atoms with Crippen LogP contribution in [-0.2, 0) is 20.9 Å². The van der Waals surface area contributed by atoms with E-state index in [1.807, 2.05) is 41.1 Å². The number of carbonyl (C=O) groups is 2. The van der Waals surface area contributed by atoms with E-state index in [2.05, 4.69) is 5.32 Å². The van der Waals surface area contributed by atoms with Crippen molar-refractivity contribution in [1.82, 2.24) is 9.88 Å². The van der Waals surface area contributed by atoms with Crippen molar-refractivity contribution in [2.24, 2.45) is 0 Å². The van der Waals surface area contributed by atoms with Crippen LogP contribution in [0.2, 0.25) is 0 Å². The highest BCUT2D eigenvalue weighted by Gasteiger charge is 2.41. The molecule has 0 aliphatic carbocycles. The van der Waals surface area contributed by atoms with Gasteiger partial charge in [-0.15, -0.1) is 0 Å². The summed E-state index contributed by atoms with van der Waals surface area (Å²) in [6, 6.07) is 9.69. The Hall–Kier alpha value is -2.34. The number of amides is 1. The van der Waals surface area contributed by atoms with Crippen molar-refractivity contribution in [1.29, 1.82) is 0 Å². The molecule has 6 heteroatoms. The zero-order valence-corrected chi connectivity index (χ0v) is 12.1. The number of carboxylic acids is 1. The number of aromatic nitrogens is 1. The van der Waals surface area contributed by atoms with E-state index in [-0.39, 0.29) is 12.5 Å². The summed E-state index contributed by atoms with van der Waals surface area (Å²) in [6.45, 7) is 0.793. The predicted octanol–water partition coefficient (Wildman–Crippen LogP) is 1.39. The van der Waals surface area contributed by atoms with Gasteiger partial charge in [-0.25, -0.2) is 4.79 Å². The number of benzene rings is 1. The number of para-hydroxylation sites is 1. The minimum atomic E-state index is -1.21. The highest BCUT2D eigenvalue weighted by atomic mass is 16.5.